The van der Waals surface area contributed by atoms with E-state index in [1.807, 2.05) is 6.92 Å². The molecule has 110 valence electrons. The number of hydrogen-bond donors (Lipinski definition) is 0. The van der Waals surface area contributed by atoms with E-state index in [2.05, 4.69) is 9.97 Å². The van der Waals surface area contributed by atoms with Gasteiger partial charge in [-0.25, -0.2) is 14.8 Å². The fourth-order valence-electron chi connectivity index (χ4n) is 2.81. The summed E-state index contributed by atoms with van der Waals surface area (Å²) in [6.45, 7) is 4.04. The Morgan fingerprint density at radius 3 is 2.50 bits per heavy atom. The van der Waals surface area contributed by atoms with E-state index in [1.165, 1.54) is 32.1 Å². The molecule has 1 aliphatic rings. The Bertz CT molecular complexity index is 452. The fraction of sp³-hybridized carbons (Fsp3) is 0.688. The number of nitrogens with zero attached hydrogens (tertiary/aromatic N) is 2. The molecule has 0 N–H and O–H groups in total. The minimum Gasteiger partial charge on any atom is -0.462 e. The summed E-state index contributed by atoms with van der Waals surface area (Å²) in [6.07, 6.45) is 10.5. The molecule has 0 unspecified atom stereocenters. The number of aromatic nitrogens is 2. The van der Waals surface area contributed by atoms with E-state index in [0.29, 0.717) is 18.1 Å². The first kappa shape index (κ1) is 14.9. The monoisotopic (exact) mass is 276 g/mol. The zero-order valence-electron chi connectivity index (χ0n) is 12.5. The van der Waals surface area contributed by atoms with Crippen molar-refractivity contribution in [1.29, 1.82) is 0 Å². The van der Waals surface area contributed by atoms with Gasteiger partial charge >= 0.3 is 5.97 Å². The van der Waals surface area contributed by atoms with E-state index in [-0.39, 0.29) is 5.97 Å². The molecule has 0 radical (unpaired) electrons. The predicted octanol–water partition coefficient (Wildman–Crippen LogP) is 3.79. The van der Waals surface area contributed by atoms with Crippen LogP contribution in [-0.4, -0.2) is 22.5 Å². The molecule has 0 aliphatic heterocycles. The van der Waals surface area contributed by atoms with Crippen LogP contribution in [0, 0.1) is 6.92 Å². The van der Waals surface area contributed by atoms with Crippen LogP contribution in [-0.2, 0) is 4.74 Å². The molecule has 0 aromatic carbocycles. The quantitative estimate of drug-likeness (QED) is 0.788. The van der Waals surface area contributed by atoms with E-state index in [0.717, 1.165) is 24.4 Å². The lowest BCUT2D eigenvalue weighted by Crippen LogP contribution is -2.13. The molecule has 0 spiro atoms. The Kier molecular flexibility index (Phi) is 5.50. The molecule has 0 atom stereocenters. The zero-order valence-corrected chi connectivity index (χ0v) is 12.5. The highest BCUT2D eigenvalue weighted by atomic mass is 16.5. The molecule has 1 aromatic heterocycles. The molecule has 1 fully saturated rings. The van der Waals surface area contributed by atoms with Crippen molar-refractivity contribution in [3.8, 4) is 0 Å². The van der Waals surface area contributed by atoms with Gasteiger partial charge in [0, 0.05) is 12.1 Å². The Hall–Kier alpha value is -1.45. The summed E-state index contributed by atoms with van der Waals surface area (Å²) in [7, 11) is 0. The maximum Gasteiger partial charge on any atom is 0.341 e. The third-order valence-corrected chi connectivity index (χ3v) is 3.96. The molecule has 0 saturated heterocycles. The van der Waals surface area contributed by atoms with Gasteiger partial charge < -0.3 is 4.74 Å². The van der Waals surface area contributed by atoms with Crippen LogP contribution in [0.2, 0.25) is 0 Å². The predicted molar refractivity (Wildman–Crippen MR) is 77.8 cm³/mol. The summed E-state index contributed by atoms with van der Waals surface area (Å²) < 4.78 is 5.01. The standard InChI is InChI=1S/C16H24N2O2/c1-3-20-16(19)14-11-17-15(18-12(14)2)13-9-7-5-4-6-8-10-13/h11,13H,3-10H2,1-2H3. The van der Waals surface area contributed by atoms with Crippen molar-refractivity contribution in [3.63, 3.8) is 0 Å². The van der Waals surface area contributed by atoms with Crippen LogP contribution >= 0.6 is 0 Å². The van der Waals surface area contributed by atoms with Crippen molar-refractivity contribution in [3.05, 3.63) is 23.3 Å². The molecule has 1 saturated carbocycles. The van der Waals surface area contributed by atoms with Gasteiger partial charge in [0.05, 0.1) is 17.9 Å². The molecule has 20 heavy (non-hydrogen) atoms. The topological polar surface area (TPSA) is 52.1 Å². The molecule has 0 amide bonds. The van der Waals surface area contributed by atoms with Gasteiger partial charge in [-0.2, -0.15) is 0 Å². The highest BCUT2D eigenvalue weighted by Gasteiger charge is 2.19. The number of carbonyl (C=O) groups excluding carboxylic acids is 1. The smallest absolute Gasteiger partial charge is 0.341 e. The van der Waals surface area contributed by atoms with Crippen molar-refractivity contribution in [2.24, 2.45) is 0 Å². The van der Waals surface area contributed by atoms with Gasteiger partial charge in [-0.05, 0) is 26.7 Å². The van der Waals surface area contributed by atoms with E-state index >= 15 is 0 Å². The molecular formula is C16H24N2O2. The van der Waals surface area contributed by atoms with Gasteiger partial charge in [-0.3, -0.25) is 0 Å². The van der Waals surface area contributed by atoms with E-state index in [4.69, 9.17) is 4.74 Å². The zero-order chi connectivity index (χ0) is 14.4. The van der Waals surface area contributed by atoms with Gasteiger partial charge in [-0.1, -0.05) is 32.1 Å². The van der Waals surface area contributed by atoms with Crippen LogP contribution < -0.4 is 0 Å². The lowest BCUT2D eigenvalue weighted by atomic mass is 9.90. The molecule has 1 aliphatic carbocycles. The summed E-state index contributed by atoms with van der Waals surface area (Å²) >= 11 is 0. The second-order valence-electron chi connectivity index (χ2n) is 5.49. The van der Waals surface area contributed by atoms with Crippen LogP contribution in [0.1, 0.15) is 79.7 Å². The number of hydrogen-bond acceptors (Lipinski definition) is 4. The van der Waals surface area contributed by atoms with E-state index in [1.54, 1.807) is 13.1 Å². The van der Waals surface area contributed by atoms with Gasteiger partial charge in [0.25, 0.3) is 0 Å². The maximum absolute atomic E-state index is 11.8. The first-order valence-corrected chi connectivity index (χ1v) is 7.73. The van der Waals surface area contributed by atoms with Crippen LogP contribution in [0.5, 0.6) is 0 Å². The highest BCUT2D eigenvalue weighted by molar-refractivity contribution is 5.90. The Balaban J connectivity index is 2.12. The van der Waals surface area contributed by atoms with Gasteiger partial charge in [0.1, 0.15) is 5.82 Å². The third-order valence-electron chi connectivity index (χ3n) is 3.96. The summed E-state index contributed by atoms with van der Waals surface area (Å²) in [6, 6.07) is 0. The fourth-order valence-corrected chi connectivity index (χ4v) is 2.81. The Labute approximate surface area is 121 Å². The lowest BCUT2D eigenvalue weighted by molar-refractivity contribution is 0.0524. The number of carbonyl (C=O) groups is 1. The average molecular weight is 276 g/mol. The van der Waals surface area contributed by atoms with Crippen molar-refractivity contribution in [2.75, 3.05) is 6.61 Å². The molecule has 2 rings (SSSR count). The average Bonchev–Trinajstić information content (AvgIpc) is 2.38. The van der Waals surface area contributed by atoms with Crippen molar-refractivity contribution < 1.29 is 9.53 Å². The van der Waals surface area contributed by atoms with Gasteiger partial charge in [0.15, 0.2) is 0 Å². The Morgan fingerprint density at radius 1 is 1.25 bits per heavy atom. The number of aryl methyl sites for hydroxylation is 1. The first-order chi connectivity index (χ1) is 9.72. The molecular weight excluding hydrogens is 252 g/mol. The van der Waals surface area contributed by atoms with Gasteiger partial charge in [-0.15, -0.1) is 0 Å². The summed E-state index contributed by atoms with van der Waals surface area (Å²) in [5, 5.41) is 0. The highest BCUT2D eigenvalue weighted by Crippen LogP contribution is 2.29. The SMILES string of the molecule is CCOC(=O)c1cnc(C2CCCCCCC2)nc1C. The number of ether oxygens (including phenoxy) is 1. The second kappa shape index (κ2) is 7.36. The minimum absolute atomic E-state index is 0.325. The van der Waals surface area contributed by atoms with E-state index in [9.17, 15) is 4.79 Å². The third kappa shape index (κ3) is 3.78. The summed E-state index contributed by atoms with van der Waals surface area (Å²) in [4.78, 5) is 20.7. The number of rotatable bonds is 3. The molecule has 1 aromatic rings. The van der Waals surface area contributed by atoms with E-state index < -0.39 is 0 Å². The van der Waals surface area contributed by atoms with Crippen molar-refractivity contribution in [1.82, 2.24) is 9.97 Å². The lowest BCUT2D eigenvalue weighted by Gasteiger charge is -2.19. The second-order valence-corrected chi connectivity index (χ2v) is 5.49. The van der Waals surface area contributed by atoms with Crippen LogP contribution in [0.15, 0.2) is 6.20 Å². The van der Waals surface area contributed by atoms with Crippen LogP contribution in [0.4, 0.5) is 0 Å². The van der Waals surface area contributed by atoms with Crippen LogP contribution in [0.25, 0.3) is 0 Å². The maximum atomic E-state index is 11.8. The molecule has 1 heterocycles. The van der Waals surface area contributed by atoms with Crippen molar-refractivity contribution >= 4 is 5.97 Å². The van der Waals surface area contributed by atoms with Crippen molar-refractivity contribution in [2.45, 2.75) is 64.7 Å². The summed E-state index contributed by atoms with van der Waals surface area (Å²) in [5.41, 5.74) is 1.22. The Morgan fingerprint density at radius 2 is 1.90 bits per heavy atom. The summed E-state index contributed by atoms with van der Waals surface area (Å²) in [5.74, 6) is 1.02. The normalized spacial score (nSPS) is 17.3. The van der Waals surface area contributed by atoms with Crippen LogP contribution in [0.3, 0.4) is 0 Å². The molecule has 0 bridgehead atoms. The molecule has 4 nitrogen and oxygen atoms in total. The minimum atomic E-state index is -0.325. The number of esters is 1. The van der Waals surface area contributed by atoms with Gasteiger partial charge in [0.2, 0.25) is 0 Å². The first-order valence-electron chi connectivity index (χ1n) is 7.73. The largest absolute Gasteiger partial charge is 0.462 e. The molecule has 4 heteroatoms.